The molecule has 0 bridgehead atoms. The van der Waals surface area contributed by atoms with Gasteiger partial charge in [-0.2, -0.15) is 0 Å². The minimum absolute atomic E-state index is 0.793. The second-order valence-corrected chi connectivity index (χ2v) is 10.1. The number of ether oxygens (including phenoxy) is 1. The summed E-state index contributed by atoms with van der Waals surface area (Å²) in [5.74, 6) is 2.53. The van der Waals surface area contributed by atoms with E-state index in [1.165, 1.54) is 95.5 Å². The quantitative estimate of drug-likeness (QED) is 0.182. The Morgan fingerprint density at radius 1 is 0.676 bits per heavy atom. The molecule has 3 heteroatoms. The lowest BCUT2D eigenvalue weighted by molar-refractivity contribution is 0.291. The lowest BCUT2D eigenvalue weighted by atomic mass is 9.98. The molecule has 1 aromatic carbocycles. The maximum atomic E-state index is 5.97. The van der Waals surface area contributed by atoms with Gasteiger partial charge in [-0.1, -0.05) is 97.8 Å². The molecular weight excluding hydrogens is 416 g/mol. The molecule has 0 saturated carbocycles. The summed E-state index contributed by atoms with van der Waals surface area (Å²) >= 11 is 0. The minimum atomic E-state index is 0.793. The number of unbranched alkanes of at least 4 members (excludes halogenated alkanes) is 10. The van der Waals surface area contributed by atoms with E-state index in [1.807, 2.05) is 24.5 Å². The maximum absolute atomic E-state index is 5.97. The van der Waals surface area contributed by atoms with Gasteiger partial charge in [0.2, 0.25) is 0 Å². The van der Waals surface area contributed by atoms with Gasteiger partial charge in [-0.3, -0.25) is 0 Å². The lowest BCUT2D eigenvalue weighted by Crippen LogP contribution is -2.02. The van der Waals surface area contributed by atoms with Crippen molar-refractivity contribution in [2.24, 2.45) is 5.92 Å². The average Bonchev–Trinajstić information content (AvgIpc) is 2.87. The fraction of sp³-hybridized carbons (Fsp3) is 0.677. The molecule has 2 rings (SSSR count). The summed E-state index contributed by atoms with van der Waals surface area (Å²) in [7, 11) is 0. The summed E-state index contributed by atoms with van der Waals surface area (Å²) in [4.78, 5) is 9.19. The summed E-state index contributed by atoms with van der Waals surface area (Å²) in [6, 6.07) is 8.23. The van der Waals surface area contributed by atoms with E-state index in [4.69, 9.17) is 4.74 Å². The topological polar surface area (TPSA) is 35.0 Å². The molecule has 1 heterocycles. The summed E-state index contributed by atoms with van der Waals surface area (Å²) in [6.45, 7) is 7.73. The van der Waals surface area contributed by atoms with Crippen molar-refractivity contribution in [2.75, 3.05) is 6.61 Å². The lowest BCUT2D eigenvalue weighted by Gasteiger charge is -2.12. The molecule has 0 aliphatic heterocycles. The van der Waals surface area contributed by atoms with Gasteiger partial charge in [0.15, 0.2) is 5.82 Å². The number of nitrogens with zero attached hydrogens (tertiary/aromatic N) is 2. The van der Waals surface area contributed by atoms with E-state index < -0.39 is 0 Å². The molecular formula is C31H50N2O. The second-order valence-electron chi connectivity index (χ2n) is 10.1. The van der Waals surface area contributed by atoms with Gasteiger partial charge >= 0.3 is 0 Å². The third kappa shape index (κ3) is 12.5. The highest BCUT2D eigenvalue weighted by Crippen LogP contribution is 2.21. The first kappa shape index (κ1) is 28.3. The minimum Gasteiger partial charge on any atom is -0.494 e. The smallest absolute Gasteiger partial charge is 0.159 e. The van der Waals surface area contributed by atoms with E-state index in [1.54, 1.807) is 0 Å². The Kier molecular flexibility index (Phi) is 15.4. The molecule has 0 radical (unpaired) electrons. The van der Waals surface area contributed by atoms with E-state index in [2.05, 4.69) is 42.9 Å². The van der Waals surface area contributed by atoms with Gasteiger partial charge < -0.3 is 4.74 Å². The average molecular weight is 467 g/mol. The number of rotatable bonds is 20. The first-order valence-corrected chi connectivity index (χ1v) is 14.3. The van der Waals surface area contributed by atoms with Gasteiger partial charge in [-0.05, 0) is 61.4 Å². The molecule has 0 N–H and O–H groups in total. The maximum Gasteiger partial charge on any atom is 0.159 e. The zero-order chi connectivity index (χ0) is 24.3. The van der Waals surface area contributed by atoms with Crippen molar-refractivity contribution in [3.8, 4) is 17.1 Å². The van der Waals surface area contributed by atoms with Crippen molar-refractivity contribution in [3.05, 3.63) is 42.2 Å². The molecule has 190 valence electrons. The molecule has 0 saturated heterocycles. The molecule has 1 aromatic heterocycles. The van der Waals surface area contributed by atoms with Gasteiger partial charge in [0.25, 0.3) is 0 Å². The zero-order valence-electron chi connectivity index (χ0n) is 22.4. The van der Waals surface area contributed by atoms with Crippen LogP contribution in [0.3, 0.4) is 0 Å². The summed E-state index contributed by atoms with van der Waals surface area (Å²) in [6.07, 6.45) is 25.1. The molecule has 0 aliphatic carbocycles. The second kappa shape index (κ2) is 18.4. The number of benzene rings is 1. The van der Waals surface area contributed by atoms with Crippen LogP contribution in [0.15, 0.2) is 36.7 Å². The highest BCUT2D eigenvalue weighted by Gasteiger charge is 2.05. The normalized spacial score (nSPS) is 12.1. The Labute approximate surface area is 210 Å². The van der Waals surface area contributed by atoms with Crippen LogP contribution in [0.2, 0.25) is 0 Å². The highest BCUT2D eigenvalue weighted by atomic mass is 16.5. The Morgan fingerprint density at radius 2 is 1.24 bits per heavy atom. The third-order valence-corrected chi connectivity index (χ3v) is 6.80. The van der Waals surface area contributed by atoms with Crippen molar-refractivity contribution in [1.29, 1.82) is 0 Å². The molecule has 0 spiro atoms. The fourth-order valence-electron chi connectivity index (χ4n) is 4.48. The van der Waals surface area contributed by atoms with E-state index >= 15 is 0 Å². The van der Waals surface area contributed by atoms with E-state index in [-0.39, 0.29) is 0 Å². The van der Waals surface area contributed by atoms with Crippen LogP contribution < -0.4 is 4.74 Å². The van der Waals surface area contributed by atoms with Crippen LogP contribution in [-0.2, 0) is 6.42 Å². The van der Waals surface area contributed by atoms with Crippen LogP contribution in [0.5, 0.6) is 5.75 Å². The molecule has 0 fully saturated rings. The largest absolute Gasteiger partial charge is 0.494 e. The number of hydrogen-bond acceptors (Lipinski definition) is 3. The fourth-order valence-corrected chi connectivity index (χ4v) is 4.48. The first-order chi connectivity index (χ1) is 16.7. The predicted octanol–water partition coefficient (Wildman–Crippen LogP) is 9.59. The Hall–Kier alpha value is -1.90. The van der Waals surface area contributed by atoms with Crippen LogP contribution in [-0.4, -0.2) is 16.6 Å². The Balaban J connectivity index is 1.60. The van der Waals surface area contributed by atoms with Gasteiger partial charge in [0, 0.05) is 18.0 Å². The highest BCUT2D eigenvalue weighted by molar-refractivity contribution is 5.55. The zero-order valence-corrected chi connectivity index (χ0v) is 22.4. The predicted molar refractivity (Wildman–Crippen MR) is 146 cm³/mol. The Morgan fingerprint density at radius 3 is 1.88 bits per heavy atom. The SMILES string of the molecule is CCCCCCCCc1cnc(-c2ccc(OCCCC(C)CCCCCCCC)cc2)nc1. The van der Waals surface area contributed by atoms with Crippen LogP contribution in [0, 0.1) is 5.92 Å². The standard InChI is InChI=1S/C31H50N2O/c1-4-6-8-10-12-14-17-27(3)18-16-24-34-30-22-20-29(21-23-30)31-32-25-28(26-33-31)19-15-13-11-9-7-5-2/h20-23,25-27H,4-19,24H2,1-3H3. The van der Waals surface area contributed by atoms with Crippen LogP contribution in [0.1, 0.15) is 123 Å². The van der Waals surface area contributed by atoms with Gasteiger partial charge in [0.05, 0.1) is 6.61 Å². The van der Waals surface area contributed by atoms with Crippen molar-refractivity contribution >= 4 is 0 Å². The van der Waals surface area contributed by atoms with Gasteiger partial charge in [-0.25, -0.2) is 9.97 Å². The summed E-state index contributed by atoms with van der Waals surface area (Å²) in [5, 5.41) is 0. The molecule has 3 nitrogen and oxygen atoms in total. The van der Waals surface area contributed by atoms with Crippen molar-refractivity contribution < 1.29 is 4.74 Å². The van der Waals surface area contributed by atoms with Crippen molar-refractivity contribution in [1.82, 2.24) is 9.97 Å². The van der Waals surface area contributed by atoms with Crippen LogP contribution in [0.25, 0.3) is 11.4 Å². The van der Waals surface area contributed by atoms with Crippen molar-refractivity contribution in [2.45, 2.75) is 124 Å². The summed E-state index contributed by atoms with van der Waals surface area (Å²) in [5.41, 5.74) is 2.29. The number of aryl methyl sites for hydroxylation is 1. The molecule has 34 heavy (non-hydrogen) atoms. The van der Waals surface area contributed by atoms with Crippen LogP contribution in [0.4, 0.5) is 0 Å². The molecule has 0 amide bonds. The molecule has 1 unspecified atom stereocenters. The monoisotopic (exact) mass is 466 g/mol. The van der Waals surface area contributed by atoms with Gasteiger partial charge in [0.1, 0.15) is 5.75 Å². The summed E-state index contributed by atoms with van der Waals surface area (Å²) < 4.78 is 5.97. The van der Waals surface area contributed by atoms with Gasteiger partial charge in [-0.15, -0.1) is 0 Å². The van der Waals surface area contributed by atoms with E-state index in [0.717, 1.165) is 42.5 Å². The Bertz CT molecular complexity index is 726. The van der Waals surface area contributed by atoms with Crippen LogP contribution >= 0.6 is 0 Å². The number of aromatic nitrogens is 2. The molecule has 1 atom stereocenters. The first-order valence-electron chi connectivity index (χ1n) is 14.3. The van der Waals surface area contributed by atoms with E-state index in [9.17, 15) is 0 Å². The molecule has 0 aliphatic rings. The van der Waals surface area contributed by atoms with Crippen molar-refractivity contribution in [3.63, 3.8) is 0 Å². The third-order valence-electron chi connectivity index (χ3n) is 6.80. The number of hydrogen-bond donors (Lipinski definition) is 0. The molecule has 2 aromatic rings. The van der Waals surface area contributed by atoms with E-state index in [0.29, 0.717) is 0 Å².